The van der Waals surface area contributed by atoms with Crippen molar-refractivity contribution < 1.29 is 4.39 Å². The van der Waals surface area contributed by atoms with Crippen LogP contribution in [0.25, 0.3) is 88.4 Å². The lowest BCUT2D eigenvalue weighted by Gasteiger charge is -2.19. The van der Waals surface area contributed by atoms with Crippen molar-refractivity contribution in [3.05, 3.63) is 193 Å². The summed E-state index contributed by atoms with van der Waals surface area (Å²) in [5.41, 5.74) is 12.2. The Balaban J connectivity index is 1.34. The summed E-state index contributed by atoms with van der Waals surface area (Å²) < 4.78 is 18.8. The van der Waals surface area contributed by atoms with Gasteiger partial charge < -0.3 is 9.13 Å². The van der Waals surface area contributed by atoms with E-state index in [-0.39, 0.29) is 5.82 Å². The van der Waals surface area contributed by atoms with Gasteiger partial charge in [-0.2, -0.15) is 5.26 Å². The number of nitriles is 1. The SMILES string of the molecule is N#Cc1c(-n2c3ccccc3c3ccc(-c4ccccc4)cc32)cc(-c2ccc(F)cc2)cc1-n1c2ccccc2c2ccc(-c3ccccc3)cc21. The van der Waals surface area contributed by atoms with E-state index >= 15 is 0 Å². The summed E-state index contributed by atoms with van der Waals surface area (Å²) in [6.45, 7) is 0. The van der Waals surface area contributed by atoms with E-state index in [4.69, 9.17) is 0 Å². The van der Waals surface area contributed by atoms with Crippen molar-refractivity contribution in [3.63, 3.8) is 0 Å². The van der Waals surface area contributed by atoms with Crippen LogP contribution in [0, 0.1) is 17.1 Å². The van der Waals surface area contributed by atoms with Gasteiger partial charge in [-0.05, 0) is 81.9 Å². The lowest BCUT2D eigenvalue weighted by Crippen LogP contribution is -2.05. The topological polar surface area (TPSA) is 33.6 Å². The van der Waals surface area contributed by atoms with Gasteiger partial charge in [-0.25, -0.2) is 4.39 Å². The summed E-state index contributed by atoms with van der Waals surface area (Å²) in [4.78, 5) is 0. The Morgan fingerprint density at radius 1 is 0.358 bits per heavy atom. The molecule has 0 saturated heterocycles. The van der Waals surface area contributed by atoms with Crippen LogP contribution in [0.5, 0.6) is 0 Å². The highest BCUT2D eigenvalue weighted by Crippen LogP contribution is 2.41. The minimum absolute atomic E-state index is 0.297. The highest BCUT2D eigenvalue weighted by Gasteiger charge is 2.23. The Morgan fingerprint density at radius 3 is 1.23 bits per heavy atom. The van der Waals surface area contributed by atoms with Gasteiger partial charge in [-0.1, -0.05) is 133 Å². The highest BCUT2D eigenvalue weighted by atomic mass is 19.1. The molecule has 3 nitrogen and oxygen atoms in total. The predicted octanol–water partition coefficient (Wildman–Crippen LogP) is 12.9. The number of benzene rings is 8. The fraction of sp³-hybridized carbons (Fsp3) is 0. The standard InChI is InChI=1S/C49H30FN3/c50-38-23-19-34(20-24-38)37-29-48(52-44-17-9-7-15-39(44)41-25-21-35(27-46(41)52)32-11-3-1-4-12-32)43(31-51)49(30-37)53-45-18-10-8-16-40(45)42-26-22-36(28-47(42)53)33-13-5-2-6-14-33/h1-30H. The van der Waals surface area contributed by atoms with Gasteiger partial charge in [-0.3, -0.25) is 0 Å². The van der Waals surface area contributed by atoms with Crippen LogP contribution in [0.15, 0.2) is 182 Å². The quantitative estimate of drug-likeness (QED) is 0.178. The third-order valence-corrected chi connectivity index (χ3v) is 10.4. The number of rotatable bonds is 5. The minimum atomic E-state index is -0.297. The summed E-state index contributed by atoms with van der Waals surface area (Å²) in [5, 5.41) is 15.7. The summed E-state index contributed by atoms with van der Waals surface area (Å²) in [6, 6.07) is 64.1. The van der Waals surface area contributed by atoms with Gasteiger partial charge in [0.1, 0.15) is 17.4 Å². The molecule has 0 fully saturated rings. The van der Waals surface area contributed by atoms with Gasteiger partial charge >= 0.3 is 0 Å². The van der Waals surface area contributed by atoms with Crippen LogP contribution in [-0.2, 0) is 0 Å². The van der Waals surface area contributed by atoms with E-state index in [0.717, 1.165) is 88.4 Å². The molecule has 53 heavy (non-hydrogen) atoms. The van der Waals surface area contributed by atoms with Gasteiger partial charge in [0.25, 0.3) is 0 Å². The molecule has 10 rings (SSSR count). The fourth-order valence-electron chi connectivity index (χ4n) is 7.97. The van der Waals surface area contributed by atoms with Gasteiger partial charge in [0.15, 0.2) is 0 Å². The molecule has 0 aliphatic carbocycles. The van der Waals surface area contributed by atoms with E-state index in [1.54, 1.807) is 0 Å². The maximum absolute atomic E-state index is 14.3. The maximum atomic E-state index is 14.3. The molecule has 10 aromatic rings. The number of aromatic nitrogens is 2. The molecular weight excluding hydrogens is 650 g/mol. The zero-order chi connectivity index (χ0) is 35.5. The molecule has 248 valence electrons. The largest absolute Gasteiger partial charge is 0.308 e. The van der Waals surface area contributed by atoms with Crippen molar-refractivity contribution in [2.24, 2.45) is 0 Å². The van der Waals surface area contributed by atoms with Crippen molar-refractivity contribution in [3.8, 4) is 50.8 Å². The zero-order valence-electron chi connectivity index (χ0n) is 28.5. The van der Waals surface area contributed by atoms with Gasteiger partial charge in [0.2, 0.25) is 0 Å². The fourth-order valence-corrected chi connectivity index (χ4v) is 7.97. The van der Waals surface area contributed by atoms with Crippen LogP contribution in [-0.4, -0.2) is 9.13 Å². The summed E-state index contributed by atoms with van der Waals surface area (Å²) in [5.74, 6) is -0.297. The smallest absolute Gasteiger partial charge is 0.123 e. The normalized spacial score (nSPS) is 11.5. The Bertz CT molecular complexity index is 2880. The Hall–Kier alpha value is -7.22. The molecule has 0 spiro atoms. The van der Waals surface area contributed by atoms with Crippen LogP contribution in [0.2, 0.25) is 0 Å². The number of nitrogens with zero attached hydrogens (tertiary/aromatic N) is 3. The first-order valence-electron chi connectivity index (χ1n) is 17.7. The third-order valence-electron chi connectivity index (χ3n) is 10.4. The van der Waals surface area contributed by atoms with Crippen LogP contribution in [0.1, 0.15) is 5.56 Å². The second-order valence-corrected chi connectivity index (χ2v) is 13.4. The van der Waals surface area contributed by atoms with Crippen molar-refractivity contribution in [2.75, 3.05) is 0 Å². The number of hydrogen-bond donors (Lipinski definition) is 0. The number of para-hydroxylation sites is 2. The molecule has 0 atom stereocenters. The Morgan fingerprint density at radius 2 is 0.755 bits per heavy atom. The highest BCUT2D eigenvalue weighted by molar-refractivity contribution is 6.12. The molecule has 0 unspecified atom stereocenters. The molecule has 0 N–H and O–H groups in total. The lowest BCUT2D eigenvalue weighted by molar-refractivity contribution is 0.628. The van der Waals surface area contributed by atoms with Crippen molar-refractivity contribution in [2.45, 2.75) is 0 Å². The van der Waals surface area contributed by atoms with Crippen LogP contribution in [0.4, 0.5) is 4.39 Å². The van der Waals surface area contributed by atoms with E-state index in [0.29, 0.717) is 5.56 Å². The zero-order valence-corrected chi connectivity index (χ0v) is 28.5. The van der Waals surface area contributed by atoms with Crippen molar-refractivity contribution in [1.82, 2.24) is 9.13 Å². The first kappa shape index (κ1) is 30.6. The van der Waals surface area contributed by atoms with Crippen LogP contribution in [0.3, 0.4) is 0 Å². The van der Waals surface area contributed by atoms with E-state index in [1.165, 1.54) is 12.1 Å². The molecule has 4 heteroatoms. The molecule has 0 aliphatic rings. The molecule has 8 aromatic carbocycles. The summed E-state index contributed by atoms with van der Waals surface area (Å²) in [7, 11) is 0. The number of hydrogen-bond acceptors (Lipinski definition) is 1. The summed E-state index contributed by atoms with van der Waals surface area (Å²) in [6.07, 6.45) is 0. The minimum Gasteiger partial charge on any atom is -0.308 e. The average Bonchev–Trinajstić information content (AvgIpc) is 3.73. The monoisotopic (exact) mass is 679 g/mol. The van der Waals surface area contributed by atoms with Gasteiger partial charge in [-0.15, -0.1) is 0 Å². The number of halogens is 1. The molecule has 0 bridgehead atoms. The Kier molecular flexibility index (Phi) is 7.06. The predicted molar refractivity (Wildman–Crippen MR) is 216 cm³/mol. The third kappa shape index (κ3) is 4.94. The van der Waals surface area contributed by atoms with E-state index in [1.807, 2.05) is 36.4 Å². The average molecular weight is 680 g/mol. The first-order valence-corrected chi connectivity index (χ1v) is 17.7. The van der Waals surface area contributed by atoms with E-state index < -0.39 is 0 Å². The van der Waals surface area contributed by atoms with E-state index in [2.05, 4.69) is 149 Å². The molecule has 0 saturated carbocycles. The molecule has 0 radical (unpaired) electrons. The maximum Gasteiger partial charge on any atom is 0.123 e. The first-order chi connectivity index (χ1) is 26.2. The van der Waals surface area contributed by atoms with E-state index in [9.17, 15) is 9.65 Å². The van der Waals surface area contributed by atoms with Gasteiger partial charge in [0, 0.05) is 21.5 Å². The molecule has 0 amide bonds. The second kappa shape index (κ2) is 12.2. The van der Waals surface area contributed by atoms with Crippen molar-refractivity contribution >= 4 is 43.6 Å². The molecule has 2 heterocycles. The molecule has 0 aliphatic heterocycles. The Labute approximate surface area is 305 Å². The molecule has 2 aromatic heterocycles. The summed E-state index contributed by atoms with van der Waals surface area (Å²) >= 11 is 0. The van der Waals surface area contributed by atoms with Crippen molar-refractivity contribution in [1.29, 1.82) is 5.26 Å². The van der Waals surface area contributed by atoms with Crippen LogP contribution >= 0.6 is 0 Å². The van der Waals surface area contributed by atoms with Crippen LogP contribution < -0.4 is 0 Å². The van der Waals surface area contributed by atoms with Gasteiger partial charge in [0.05, 0.1) is 33.4 Å². The lowest BCUT2D eigenvalue weighted by atomic mass is 9.99. The number of fused-ring (bicyclic) bond motifs is 6. The second-order valence-electron chi connectivity index (χ2n) is 13.4. The molecular formula is C49H30FN3.